The highest BCUT2D eigenvalue weighted by molar-refractivity contribution is 6.35. The van der Waals surface area contributed by atoms with Crippen LogP contribution in [0.3, 0.4) is 0 Å². The van der Waals surface area contributed by atoms with Crippen LogP contribution in [0.1, 0.15) is 24.1 Å². The molecule has 2 aliphatic heterocycles. The number of para-hydroxylation sites is 1. The minimum Gasteiger partial charge on any atom is -0.376 e. The van der Waals surface area contributed by atoms with Crippen molar-refractivity contribution in [3.05, 3.63) is 34.5 Å². The number of carbonyl (C=O) groups is 1. The molecule has 1 aromatic heterocycles. The lowest BCUT2D eigenvalue weighted by Gasteiger charge is -2.27. The molecule has 2 aliphatic rings. The number of H-pyrrole nitrogens is 1. The summed E-state index contributed by atoms with van der Waals surface area (Å²) in [6, 6.07) is 5.89. The van der Waals surface area contributed by atoms with Gasteiger partial charge in [0.25, 0.3) is 0 Å². The number of hydrogen-bond acceptors (Lipinski definition) is 3. The Morgan fingerprint density at radius 1 is 1.46 bits per heavy atom. The summed E-state index contributed by atoms with van der Waals surface area (Å²) in [5.41, 5.74) is 3.32. The lowest BCUT2D eigenvalue weighted by atomic mass is 10.0. The van der Waals surface area contributed by atoms with Crippen molar-refractivity contribution >= 4 is 28.4 Å². The van der Waals surface area contributed by atoms with Crippen molar-refractivity contribution in [2.75, 3.05) is 26.4 Å². The number of fused-ring (bicyclic) bond motifs is 3. The predicted molar refractivity (Wildman–Crippen MR) is 92.2 cm³/mol. The SMILES string of the molecule is O=C(COCC1CCCO1)N1CCc2[nH]c3c(Cl)cccc3c2C1. The van der Waals surface area contributed by atoms with Gasteiger partial charge in [-0.2, -0.15) is 0 Å². The first kappa shape index (κ1) is 15.9. The quantitative estimate of drug-likeness (QED) is 0.924. The molecule has 1 atom stereocenters. The molecule has 0 spiro atoms. The summed E-state index contributed by atoms with van der Waals surface area (Å²) in [5.74, 6) is 0.0371. The normalized spacial score (nSPS) is 20.5. The lowest BCUT2D eigenvalue weighted by molar-refractivity contribution is -0.138. The van der Waals surface area contributed by atoms with Gasteiger partial charge in [-0.1, -0.05) is 23.7 Å². The molecule has 1 saturated heterocycles. The van der Waals surface area contributed by atoms with Gasteiger partial charge >= 0.3 is 0 Å². The van der Waals surface area contributed by atoms with Crippen LogP contribution in [0.15, 0.2) is 18.2 Å². The number of hydrogen-bond donors (Lipinski definition) is 1. The van der Waals surface area contributed by atoms with Crippen LogP contribution in [0.5, 0.6) is 0 Å². The minimum atomic E-state index is 0.0371. The maximum atomic E-state index is 12.4. The highest BCUT2D eigenvalue weighted by Crippen LogP contribution is 2.31. The van der Waals surface area contributed by atoms with Gasteiger partial charge < -0.3 is 19.4 Å². The highest BCUT2D eigenvalue weighted by Gasteiger charge is 2.25. The Labute approximate surface area is 145 Å². The molecule has 1 amide bonds. The van der Waals surface area contributed by atoms with E-state index in [0.29, 0.717) is 19.7 Å². The second-order valence-electron chi connectivity index (χ2n) is 6.46. The van der Waals surface area contributed by atoms with Gasteiger partial charge in [-0.05, 0) is 18.9 Å². The van der Waals surface area contributed by atoms with Crippen molar-refractivity contribution in [1.29, 1.82) is 0 Å². The number of halogens is 1. The molecule has 1 fully saturated rings. The Morgan fingerprint density at radius 3 is 3.21 bits per heavy atom. The Bertz CT molecular complexity index is 752. The molecule has 0 aliphatic carbocycles. The van der Waals surface area contributed by atoms with E-state index in [1.54, 1.807) is 0 Å². The molecule has 6 heteroatoms. The zero-order valence-electron chi connectivity index (χ0n) is 13.5. The van der Waals surface area contributed by atoms with Crippen molar-refractivity contribution in [3.63, 3.8) is 0 Å². The molecule has 2 aromatic rings. The Morgan fingerprint density at radius 2 is 2.38 bits per heavy atom. The van der Waals surface area contributed by atoms with E-state index in [2.05, 4.69) is 11.1 Å². The van der Waals surface area contributed by atoms with E-state index < -0.39 is 0 Å². The predicted octanol–water partition coefficient (Wildman–Crippen LogP) is 2.90. The molecule has 128 valence electrons. The van der Waals surface area contributed by atoms with Crippen LogP contribution in [0, 0.1) is 0 Å². The summed E-state index contributed by atoms with van der Waals surface area (Å²) in [7, 11) is 0. The smallest absolute Gasteiger partial charge is 0.248 e. The van der Waals surface area contributed by atoms with Crippen molar-refractivity contribution in [2.24, 2.45) is 0 Å². The zero-order chi connectivity index (χ0) is 16.5. The number of carbonyl (C=O) groups excluding carboxylic acids is 1. The van der Waals surface area contributed by atoms with Crippen LogP contribution >= 0.6 is 11.6 Å². The van der Waals surface area contributed by atoms with E-state index in [-0.39, 0.29) is 18.6 Å². The molecular weight excluding hydrogens is 328 g/mol. The number of ether oxygens (including phenoxy) is 2. The van der Waals surface area contributed by atoms with Gasteiger partial charge in [-0.3, -0.25) is 4.79 Å². The maximum absolute atomic E-state index is 12.4. The third-order valence-electron chi connectivity index (χ3n) is 4.87. The van der Waals surface area contributed by atoms with Crippen LogP contribution in [0.2, 0.25) is 5.02 Å². The van der Waals surface area contributed by atoms with Crippen LogP contribution < -0.4 is 0 Å². The maximum Gasteiger partial charge on any atom is 0.248 e. The summed E-state index contributed by atoms with van der Waals surface area (Å²) in [5, 5.41) is 1.83. The van der Waals surface area contributed by atoms with Crippen molar-refractivity contribution in [3.8, 4) is 0 Å². The fraction of sp³-hybridized carbons (Fsp3) is 0.500. The monoisotopic (exact) mass is 348 g/mol. The summed E-state index contributed by atoms with van der Waals surface area (Å²) in [4.78, 5) is 17.7. The molecule has 0 radical (unpaired) electrons. The molecule has 5 nitrogen and oxygen atoms in total. The Kier molecular flexibility index (Phi) is 4.48. The number of benzene rings is 1. The van der Waals surface area contributed by atoms with Gasteiger partial charge in [0.05, 0.1) is 23.3 Å². The topological polar surface area (TPSA) is 54.6 Å². The molecule has 1 aromatic carbocycles. The Hall–Kier alpha value is -1.56. The van der Waals surface area contributed by atoms with Gasteiger partial charge in [0.2, 0.25) is 5.91 Å². The molecule has 0 saturated carbocycles. The average molecular weight is 349 g/mol. The van der Waals surface area contributed by atoms with Gasteiger partial charge in [0.1, 0.15) is 6.61 Å². The van der Waals surface area contributed by atoms with E-state index >= 15 is 0 Å². The molecule has 4 rings (SSSR count). The van der Waals surface area contributed by atoms with Crippen molar-refractivity contribution < 1.29 is 14.3 Å². The van der Waals surface area contributed by atoms with E-state index in [9.17, 15) is 4.79 Å². The molecule has 0 bridgehead atoms. The first-order valence-corrected chi connectivity index (χ1v) is 8.85. The Balaban J connectivity index is 1.41. The standard InChI is InChI=1S/C18H21ClN2O3/c19-15-5-1-4-13-14-9-21(7-6-16(14)20-18(13)15)17(22)11-23-10-12-3-2-8-24-12/h1,4-5,12,20H,2-3,6-11H2. The van der Waals surface area contributed by atoms with E-state index in [4.69, 9.17) is 21.1 Å². The van der Waals surface area contributed by atoms with Crippen LogP contribution in [0.4, 0.5) is 0 Å². The minimum absolute atomic E-state index is 0.0371. The van der Waals surface area contributed by atoms with Crippen molar-refractivity contribution in [2.45, 2.75) is 31.9 Å². The number of amides is 1. The fourth-order valence-corrected chi connectivity index (χ4v) is 3.78. The second kappa shape index (κ2) is 6.75. The lowest BCUT2D eigenvalue weighted by Crippen LogP contribution is -2.38. The third kappa shape index (κ3) is 3.04. The van der Waals surface area contributed by atoms with E-state index in [0.717, 1.165) is 41.8 Å². The number of aromatic amines is 1. The zero-order valence-corrected chi connectivity index (χ0v) is 14.3. The van der Waals surface area contributed by atoms with E-state index in [1.165, 1.54) is 11.3 Å². The first-order chi connectivity index (χ1) is 11.7. The molecule has 1 unspecified atom stereocenters. The van der Waals surface area contributed by atoms with Crippen LogP contribution in [-0.4, -0.2) is 48.3 Å². The third-order valence-corrected chi connectivity index (χ3v) is 5.18. The van der Waals surface area contributed by atoms with Gasteiger partial charge in [0.15, 0.2) is 0 Å². The number of nitrogens with one attached hydrogen (secondary N) is 1. The number of rotatable bonds is 4. The highest BCUT2D eigenvalue weighted by atomic mass is 35.5. The first-order valence-electron chi connectivity index (χ1n) is 8.47. The summed E-state index contributed by atoms with van der Waals surface area (Å²) in [6.45, 7) is 2.75. The summed E-state index contributed by atoms with van der Waals surface area (Å²) < 4.78 is 11.1. The summed E-state index contributed by atoms with van der Waals surface area (Å²) in [6.07, 6.45) is 3.08. The van der Waals surface area contributed by atoms with E-state index in [1.807, 2.05) is 17.0 Å². The number of nitrogens with zero attached hydrogens (tertiary/aromatic N) is 1. The van der Waals surface area contributed by atoms with Gasteiger partial charge in [-0.25, -0.2) is 0 Å². The summed E-state index contributed by atoms with van der Waals surface area (Å²) >= 11 is 6.26. The molecule has 24 heavy (non-hydrogen) atoms. The number of aromatic nitrogens is 1. The molecular formula is C18H21ClN2O3. The van der Waals surface area contributed by atoms with Gasteiger partial charge in [0, 0.05) is 42.8 Å². The molecule has 3 heterocycles. The largest absolute Gasteiger partial charge is 0.376 e. The fourth-order valence-electron chi connectivity index (χ4n) is 3.56. The van der Waals surface area contributed by atoms with Gasteiger partial charge in [-0.15, -0.1) is 0 Å². The van der Waals surface area contributed by atoms with Crippen LogP contribution in [0.25, 0.3) is 10.9 Å². The average Bonchev–Trinajstić information content (AvgIpc) is 3.22. The molecule has 1 N–H and O–H groups in total. The second-order valence-corrected chi connectivity index (χ2v) is 6.87. The van der Waals surface area contributed by atoms with Crippen LogP contribution in [-0.2, 0) is 27.2 Å². The van der Waals surface area contributed by atoms with Crippen molar-refractivity contribution in [1.82, 2.24) is 9.88 Å².